The van der Waals surface area contributed by atoms with Crippen LogP contribution in [0.25, 0.3) is 28.2 Å². The van der Waals surface area contributed by atoms with Crippen molar-refractivity contribution in [1.82, 2.24) is 9.78 Å². The van der Waals surface area contributed by atoms with Crippen molar-refractivity contribution >= 4 is 0 Å². The highest BCUT2D eigenvalue weighted by Gasteiger charge is 2.21. The molecule has 1 heterocycles. The van der Waals surface area contributed by atoms with Crippen LogP contribution in [0.4, 0.5) is 0 Å². The van der Waals surface area contributed by atoms with Crippen molar-refractivity contribution in [1.29, 1.82) is 0 Å². The van der Waals surface area contributed by atoms with Gasteiger partial charge in [0.2, 0.25) is 0 Å². The normalized spacial score (nSPS) is 10.8. The Bertz CT molecular complexity index is 1060. The van der Waals surface area contributed by atoms with Gasteiger partial charge in [0, 0.05) is 11.1 Å². The number of rotatable bonds is 3. The zero-order valence-corrected chi connectivity index (χ0v) is 14.8. The van der Waals surface area contributed by atoms with Crippen LogP contribution < -0.4 is 0 Å². The fourth-order valence-corrected chi connectivity index (χ4v) is 3.20. The molecule has 0 aliphatic carbocycles. The molecule has 3 heteroatoms. The lowest BCUT2D eigenvalue weighted by Gasteiger charge is -2.09. The van der Waals surface area contributed by atoms with Gasteiger partial charge in [0.25, 0.3) is 0 Å². The molecular weight excluding hydrogens is 320 g/mol. The molecule has 0 amide bonds. The van der Waals surface area contributed by atoms with Crippen LogP contribution >= 0.6 is 0 Å². The first kappa shape index (κ1) is 16.2. The van der Waals surface area contributed by atoms with E-state index in [-0.39, 0.29) is 5.75 Å². The van der Waals surface area contributed by atoms with Gasteiger partial charge in [-0.15, -0.1) is 0 Å². The molecule has 4 rings (SSSR count). The van der Waals surface area contributed by atoms with Gasteiger partial charge in [0.05, 0.1) is 5.69 Å². The number of hydrogen-bond donors (Lipinski definition) is 1. The molecule has 26 heavy (non-hydrogen) atoms. The fourth-order valence-electron chi connectivity index (χ4n) is 3.20. The first-order chi connectivity index (χ1) is 12.6. The Morgan fingerprint density at radius 1 is 0.731 bits per heavy atom. The average Bonchev–Trinajstić information content (AvgIpc) is 3.00. The van der Waals surface area contributed by atoms with Crippen LogP contribution in [0.1, 0.15) is 11.1 Å². The number of benzene rings is 3. The molecule has 3 aromatic carbocycles. The predicted molar refractivity (Wildman–Crippen MR) is 106 cm³/mol. The molecule has 3 nitrogen and oxygen atoms in total. The van der Waals surface area contributed by atoms with E-state index in [0.717, 1.165) is 27.9 Å². The molecule has 0 atom stereocenters. The van der Waals surface area contributed by atoms with Gasteiger partial charge in [-0.25, -0.2) is 4.68 Å². The molecular formula is C23H20N2O. The second-order valence-corrected chi connectivity index (χ2v) is 6.53. The van der Waals surface area contributed by atoms with E-state index in [2.05, 4.69) is 25.1 Å². The maximum absolute atomic E-state index is 11.1. The second-order valence-electron chi connectivity index (χ2n) is 6.53. The molecule has 0 bridgehead atoms. The summed E-state index contributed by atoms with van der Waals surface area (Å²) >= 11 is 0. The first-order valence-electron chi connectivity index (χ1n) is 8.65. The number of hydrogen-bond acceptors (Lipinski definition) is 2. The van der Waals surface area contributed by atoms with E-state index >= 15 is 0 Å². The van der Waals surface area contributed by atoms with E-state index in [1.165, 1.54) is 0 Å². The Balaban J connectivity index is 2.00. The van der Waals surface area contributed by atoms with Gasteiger partial charge in [0.1, 0.15) is 11.4 Å². The summed E-state index contributed by atoms with van der Waals surface area (Å²) in [5, 5.41) is 15.8. The monoisotopic (exact) mass is 340 g/mol. The lowest BCUT2D eigenvalue weighted by Crippen LogP contribution is -1.99. The van der Waals surface area contributed by atoms with E-state index in [1.54, 1.807) is 0 Å². The Morgan fingerprint density at radius 2 is 1.38 bits per heavy atom. The highest BCUT2D eigenvalue weighted by Crippen LogP contribution is 2.39. The molecule has 0 spiro atoms. The highest BCUT2D eigenvalue weighted by molar-refractivity contribution is 5.79. The van der Waals surface area contributed by atoms with Gasteiger partial charge in [0.15, 0.2) is 5.75 Å². The summed E-state index contributed by atoms with van der Waals surface area (Å²) in [6, 6.07) is 26.0. The van der Waals surface area contributed by atoms with E-state index in [1.807, 2.05) is 72.3 Å². The summed E-state index contributed by atoms with van der Waals surface area (Å²) in [6.07, 6.45) is 0. The van der Waals surface area contributed by atoms with Gasteiger partial charge in [-0.2, -0.15) is 5.10 Å². The third-order valence-electron chi connectivity index (χ3n) is 4.45. The fraction of sp³-hybridized carbons (Fsp3) is 0.0870. The van der Waals surface area contributed by atoms with Crippen molar-refractivity contribution in [3.8, 4) is 34.0 Å². The maximum atomic E-state index is 11.1. The lowest BCUT2D eigenvalue weighted by molar-refractivity contribution is 0.479. The van der Waals surface area contributed by atoms with Gasteiger partial charge in [-0.3, -0.25) is 0 Å². The summed E-state index contributed by atoms with van der Waals surface area (Å²) in [7, 11) is 0. The molecule has 0 saturated heterocycles. The van der Waals surface area contributed by atoms with Crippen LogP contribution in [0, 0.1) is 13.8 Å². The minimum Gasteiger partial charge on any atom is -0.504 e. The maximum Gasteiger partial charge on any atom is 0.170 e. The molecule has 0 fully saturated rings. The van der Waals surface area contributed by atoms with Gasteiger partial charge < -0.3 is 5.11 Å². The quantitative estimate of drug-likeness (QED) is 0.532. The molecule has 0 aliphatic heterocycles. The standard InChI is InChI=1S/C23H20N2O/c1-16-8-6-12-19(14-16)22-23(26)21(18-10-4-3-5-11-18)24-25(22)20-13-7-9-17(2)15-20/h3-15,26H,1-2H3. The van der Waals surface area contributed by atoms with E-state index in [0.29, 0.717) is 11.4 Å². The molecule has 128 valence electrons. The van der Waals surface area contributed by atoms with Crippen LogP contribution in [-0.2, 0) is 0 Å². The number of aromatic hydroxyl groups is 1. The van der Waals surface area contributed by atoms with Crippen molar-refractivity contribution in [3.05, 3.63) is 90.0 Å². The van der Waals surface area contributed by atoms with Gasteiger partial charge in [-0.1, -0.05) is 66.2 Å². The minimum atomic E-state index is 0.198. The number of nitrogens with zero attached hydrogens (tertiary/aromatic N) is 2. The number of aryl methyl sites for hydroxylation is 2. The lowest BCUT2D eigenvalue weighted by atomic mass is 10.1. The van der Waals surface area contributed by atoms with Crippen LogP contribution in [0.5, 0.6) is 5.75 Å². The Kier molecular flexibility index (Phi) is 4.05. The minimum absolute atomic E-state index is 0.198. The topological polar surface area (TPSA) is 38.1 Å². The molecule has 0 aliphatic rings. The Morgan fingerprint density at radius 3 is 2.08 bits per heavy atom. The summed E-state index contributed by atoms with van der Waals surface area (Å²) in [4.78, 5) is 0. The second kappa shape index (κ2) is 6.52. The van der Waals surface area contributed by atoms with Crippen LogP contribution in [-0.4, -0.2) is 14.9 Å². The van der Waals surface area contributed by atoms with Gasteiger partial charge >= 0.3 is 0 Å². The van der Waals surface area contributed by atoms with Crippen molar-refractivity contribution < 1.29 is 5.11 Å². The van der Waals surface area contributed by atoms with E-state index in [4.69, 9.17) is 5.10 Å². The third kappa shape index (κ3) is 2.88. The SMILES string of the molecule is Cc1cccc(-c2c(O)c(-c3ccccc3)nn2-c2cccc(C)c2)c1. The van der Waals surface area contributed by atoms with Gasteiger partial charge in [-0.05, 0) is 37.6 Å². The van der Waals surface area contributed by atoms with Crippen molar-refractivity contribution in [2.45, 2.75) is 13.8 Å². The Labute approximate surface area is 153 Å². The summed E-state index contributed by atoms with van der Waals surface area (Å²) in [5.41, 5.74) is 6.35. The van der Waals surface area contributed by atoms with Crippen LogP contribution in [0.3, 0.4) is 0 Å². The average molecular weight is 340 g/mol. The smallest absolute Gasteiger partial charge is 0.170 e. The summed E-state index contributed by atoms with van der Waals surface area (Å²) < 4.78 is 1.83. The molecule has 1 N–H and O–H groups in total. The van der Waals surface area contributed by atoms with Crippen molar-refractivity contribution in [2.75, 3.05) is 0 Å². The largest absolute Gasteiger partial charge is 0.504 e. The zero-order valence-electron chi connectivity index (χ0n) is 14.8. The van der Waals surface area contributed by atoms with E-state index < -0.39 is 0 Å². The van der Waals surface area contributed by atoms with Crippen LogP contribution in [0.2, 0.25) is 0 Å². The molecule has 4 aromatic rings. The van der Waals surface area contributed by atoms with Crippen LogP contribution in [0.15, 0.2) is 78.9 Å². The van der Waals surface area contributed by atoms with E-state index in [9.17, 15) is 5.11 Å². The molecule has 1 aromatic heterocycles. The molecule has 0 radical (unpaired) electrons. The van der Waals surface area contributed by atoms with Crippen molar-refractivity contribution in [3.63, 3.8) is 0 Å². The summed E-state index contributed by atoms with van der Waals surface area (Å²) in [6.45, 7) is 4.10. The summed E-state index contributed by atoms with van der Waals surface area (Å²) in [5.74, 6) is 0.198. The molecule has 0 saturated carbocycles. The third-order valence-corrected chi connectivity index (χ3v) is 4.45. The predicted octanol–water partition coefficient (Wildman–Crippen LogP) is 5.53. The first-order valence-corrected chi connectivity index (χ1v) is 8.65. The van der Waals surface area contributed by atoms with Crippen molar-refractivity contribution in [2.24, 2.45) is 0 Å². The highest BCUT2D eigenvalue weighted by atomic mass is 16.3. The Hall–Kier alpha value is -3.33. The number of aromatic nitrogens is 2. The zero-order chi connectivity index (χ0) is 18.1. The molecule has 0 unspecified atom stereocenters.